The Balaban J connectivity index is 1.59. The van der Waals surface area contributed by atoms with Gasteiger partial charge in [-0.2, -0.15) is 0 Å². The molecule has 1 aromatic carbocycles. The van der Waals surface area contributed by atoms with Crippen LogP contribution in [0.1, 0.15) is 35.5 Å². The second-order valence-electron chi connectivity index (χ2n) is 7.42. The first-order valence-electron chi connectivity index (χ1n) is 9.93. The average molecular weight is 435 g/mol. The van der Waals surface area contributed by atoms with Gasteiger partial charge in [0.1, 0.15) is 5.69 Å². The smallest absolute Gasteiger partial charge is 0.152 e. The maximum atomic E-state index is 9.83. The molecule has 4 aromatic rings. The highest BCUT2D eigenvalue weighted by Gasteiger charge is 2.13. The number of rotatable bonds is 6. The van der Waals surface area contributed by atoms with Gasteiger partial charge in [0.2, 0.25) is 0 Å². The van der Waals surface area contributed by atoms with Gasteiger partial charge in [-0.3, -0.25) is 0 Å². The van der Waals surface area contributed by atoms with E-state index in [2.05, 4.69) is 25.5 Å². The molecule has 4 rings (SSSR count). The highest BCUT2D eigenvalue weighted by molar-refractivity contribution is 6.30. The lowest BCUT2D eigenvalue weighted by Crippen LogP contribution is -2.10. The van der Waals surface area contributed by atoms with Crippen molar-refractivity contribution in [2.75, 3.05) is 5.32 Å². The molecule has 0 saturated carbocycles. The van der Waals surface area contributed by atoms with Crippen molar-refractivity contribution in [3.63, 3.8) is 0 Å². The minimum Gasteiger partial charge on any atom is -0.390 e. The predicted molar refractivity (Wildman–Crippen MR) is 121 cm³/mol. The van der Waals surface area contributed by atoms with Gasteiger partial charge in [-0.15, -0.1) is 10.2 Å². The standard InChI is InChI=1S/C23H23ClN6O/c1-14-9-20(28-29-23(14)26-16(3)17-5-4-6-18(24)10-17)19-7-8-22(21(12-31)27-19)30-11-15(2)25-13-30/h4-11,13,16,31H,12H2,1-3H3,(H,26,29)/t16-/m0/s1. The normalized spacial score (nSPS) is 12.0. The van der Waals surface area contributed by atoms with Crippen molar-refractivity contribution in [1.29, 1.82) is 0 Å². The molecule has 1 atom stereocenters. The van der Waals surface area contributed by atoms with Gasteiger partial charge in [0.15, 0.2) is 5.82 Å². The van der Waals surface area contributed by atoms with E-state index in [0.29, 0.717) is 27.9 Å². The Kier molecular flexibility index (Phi) is 5.97. The molecule has 0 fully saturated rings. The lowest BCUT2D eigenvalue weighted by atomic mass is 10.1. The molecule has 0 aliphatic carbocycles. The summed E-state index contributed by atoms with van der Waals surface area (Å²) in [4.78, 5) is 8.84. The molecule has 0 aliphatic rings. The Morgan fingerprint density at radius 3 is 2.61 bits per heavy atom. The number of nitrogens with one attached hydrogen (secondary N) is 1. The summed E-state index contributed by atoms with van der Waals surface area (Å²) in [7, 11) is 0. The van der Waals surface area contributed by atoms with Crippen LogP contribution in [0.4, 0.5) is 5.82 Å². The van der Waals surface area contributed by atoms with E-state index in [4.69, 9.17) is 11.6 Å². The van der Waals surface area contributed by atoms with Gasteiger partial charge in [0, 0.05) is 11.2 Å². The van der Waals surface area contributed by atoms with Crippen LogP contribution in [0.2, 0.25) is 5.02 Å². The lowest BCUT2D eigenvalue weighted by molar-refractivity contribution is 0.276. The zero-order valence-corrected chi connectivity index (χ0v) is 18.3. The molecular weight excluding hydrogens is 412 g/mol. The second-order valence-corrected chi connectivity index (χ2v) is 7.86. The predicted octanol–water partition coefficient (Wildman–Crippen LogP) is 4.66. The lowest BCUT2D eigenvalue weighted by Gasteiger charge is -2.17. The van der Waals surface area contributed by atoms with E-state index in [1.165, 1.54) is 0 Å². The van der Waals surface area contributed by atoms with Crippen LogP contribution < -0.4 is 5.32 Å². The number of halogens is 1. The van der Waals surface area contributed by atoms with E-state index in [0.717, 1.165) is 22.5 Å². The summed E-state index contributed by atoms with van der Waals surface area (Å²) < 4.78 is 1.85. The third kappa shape index (κ3) is 4.57. The Hall–Kier alpha value is -3.29. The summed E-state index contributed by atoms with van der Waals surface area (Å²) in [5.41, 5.74) is 5.52. The van der Waals surface area contributed by atoms with Crippen LogP contribution in [0, 0.1) is 13.8 Å². The molecule has 0 radical (unpaired) electrons. The third-order valence-corrected chi connectivity index (χ3v) is 5.27. The molecule has 0 unspecified atom stereocenters. The minimum atomic E-state index is -0.191. The zero-order chi connectivity index (χ0) is 22.0. The monoisotopic (exact) mass is 434 g/mol. The van der Waals surface area contributed by atoms with E-state index in [1.807, 2.05) is 74.0 Å². The first-order valence-corrected chi connectivity index (χ1v) is 10.3. The molecule has 7 nitrogen and oxygen atoms in total. The molecule has 0 aliphatic heterocycles. The van der Waals surface area contributed by atoms with Crippen molar-refractivity contribution in [3.05, 3.63) is 82.5 Å². The molecule has 0 saturated heterocycles. The van der Waals surface area contributed by atoms with Crippen LogP contribution in [0.5, 0.6) is 0 Å². The summed E-state index contributed by atoms with van der Waals surface area (Å²) in [5, 5.41) is 22.6. The molecule has 3 heterocycles. The van der Waals surface area contributed by atoms with Crippen LogP contribution in [-0.4, -0.2) is 29.8 Å². The number of aromatic nitrogens is 5. The first-order chi connectivity index (χ1) is 14.9. The summed E-state index contributed by atoms with van der Waals surface area (Å²) in [6, 6.07) is 13.5. The van der Waals surface area contributed by atoms with Crippen molar-refractivity contribution < 1.29 is 5.11 Å². The SMILES string of the molecule is Cc1cn(-c2ccc(-c3cc(C)c(N[C@@H](C)c4cccc(Cl)c4)nn3)nc2CO)cn1. The number of aliphatic hydroxyl groups is 1. The number of nitrogens with zero attached hydrogens (tertiary/aromatic N) is 5. The fourth-order valence-electron chi connectivity index (χ4n) is 3.36. The number of hydrogen-bond donors (Lipinski definition) is 2. The van der Waals surface area contributed by atoms with Crippen LogP contribution in [0.25, 0.3) is 17.1 Å². The summed E-state index contributed by atoms with van der Waals surface area (Å²) >= 11 is 6.10. The Morgan fingerprint density at radius 2 is 1.94 bits per heavy atom. The van der Waals surface area contributed by atoms with Crippen molar-refractivity contribution in [1.82, 2.24) is 24.7 Å². The summed E-state index contributed by atoms with van der Waals surface area (Å²) in [6.45, 7) is 5.74. The van der Waals surface area contributed by atoms with Crippen LogP contribution in [0.3, 0.4) is 0 Å². The maximum absolute atomic E-state index is 9.83. The van der Waals surface area contributed by atoms with Gasteiger partial charge >= 0.3 is 0 Å². The number of aliphatic hydroxyl groups excluding tert-OH is 1. The Bertz CT molecular complexity index is 1220. The number of anilines is 1. The molecule has 2 N–H and O–H groups in total. The summed E-state index contributed by atoms with van der Waals surface area (Å²) in [5.74, 6) is 0.698. The highest BCUT2D eigenvalue weighted by Crippen LogP contribution is 2.25. The second kappa shape index (κ2) is 8.83. The van der Waals surface area contributed by atoms with Crippen molar-refractivity contribution in [2.45, 2.75) is 33.4 Å². The van der Waals surface area contributed by atoms with Crippen LogP contribution in [-0.2, 0) is 6.61 Å². The summed E-state index contributed by atoms with van der Waals surface area (Å²) in [6.07, 6.45) is 3.60. The van der Waals surface area contributed by atoms with E-state index in [9.17, 15) is 5.11 Å². The van der Waals surface area contributed by atoms with Gasteiger partial charge in [0.05, 0.1) is 41.7 Å². The van der Waals surface area contributed by atoms with Gasteiger partial charge in [-0.05, 0) is 62.2 Å². The average Bonchev–Trinajstić information content (AvgIpc) is 3.20. The fourth-order valence-corrected chi connectivity index (χ4v) is 3.56. The molecule has 0 amide bonds. The van der Waals surface area contributed by atoms with Crippen LogP contribution >= 0.6 is 11.6 Å². The third-order valence-electron chi connectivity index (χ3n) is 5.04. The largest absolute Gasteiger partial charge is 0.390 e. The van der Waals surface area contributed by atoms with Gasteiger partial charge in [0.25, 0.3) is 0 Å². The number of aryl methyl sites for hydroxylation is 2. The highest BCUT2D eigenvalue weighted by atomic mass is 35.5. The molecule has 158 valence electrons. The molecule has 0 spiro atoms. The first kappa shape index (κ1) is 21.0. The van der Waals surface area contributed by atoms with Gasteiger partial charge < -0.3 is 15.0 Å². The van der Waals surface area contributed by atoms with Gasteiger partial charge in [-0.25, -0.2) is 9.97 Å². The Labute approximate surface area is 185 Å². The topological polar surface area (TPSA) is 88.8 Å². The molecule has 3 aromatic heterocycles. The minimum absolute atomic E-state index is 0.0228. The number of imidazole rings is 1. The van der Waals surface area contributed by atoms with Crippen molar-refractivity contribution in [2.24, 2.45) is 0 Å². The van der Waals surface area contributed by atoms with Crippen LogP contribution in [0.15, 0.2) is 55.0 Å². The molecular formula is C23H23ClN6O. The quantitative estimate of drug-likeness (QED) is 0.458. The van der Waals surface area contributed by atoms with E-state index in [1.54, 1.807) is 6.33 Å². The fraction of sp³-hybridized carbons (Fsp3) is 0.217. The van der Waals surface area contributed by atoms with E-state index < -0.39 is 0 Å². The maximum Gasteiger partial charge on any atom is 0.152 e. The molecule has 8 heteroatoms. The number of hydrogen-bond acceptors (Lipinski definition) is 6. The van der Waals surface area contributed by atoms with Crippen molar-refractivity contribution >= 4 is 17.4 Å². The zero-order valence-electron chi connectivity index (χ0n) is 17.5. The van der Waals surface area contributed by atoms with E-state index >= 15 is 0 Å². The number of pyridine rings is 1. The molecule has 0 bridgehead atoms. The Morgan fingerprint density at radius 1 is 1.10 bits per heavy atom. The van der Waals surface area contributed by atoms with Gasteiger partial charge in [-0.1, -0.05) is 23.7 Å². The number of benzene rings is 1. The van der Waals surface area contributed by atoms with Crippen molar-refractivity contribution in [3.8, 4) is 17.1 Å². The van der Waals surface area contributed by atoms with E-state index in [-0.39, 0.29) is 12.6 Å². The molecule has 31 heavy (non-hydrogen) atoms.